The van der Waals surface area contributed by atoms with Gasteiger partial charge in [-0.2, -0.15) is 0 Å². The molecule has 0 saturated heterocycles. The molecule has 3 aromatic carbocycles. The average Bonchev–Trinajstić information content (AvgIpc) is 3.52. The molecule has 0 unspecified atom stereocenters. The monoisotopic (exact) mass is 595 g/mol. The van der Waals surface area contributed by atoms with Crippen LogP contribution in [-0.4, -0.2) is 38.1 Å². The Labute approximate surface area is 267 Å². The van der Waals surface area contributed by atoms with Gasteiger partial charge in [-0.25, -0.2) is 17.9 Å². The number of aryl methyl sites for hydroxylation is 2. The Morgan fingerprint density at radius 3 is 2.73 bits per heavy atom. The molecule has 5 rings (SSSR count). The molecule has 0 aliphatic heterocycles. The first-order valence-corrected chi connectivity index (χ1v) is 13.0. The number of anilines is 1. The van der Waals surface area contributed by atoms with E-state index in [0.29, 0.717) is 10.6 Å². The van der Waals surface area contributed by atoms with Crippen LogP contribution in [0.5, 0.6) is 5.75 Å². The van der Waals surface area contributed by atoms with Gasteiger partial charge in [-0.3, -0.25) is 10.1 Å². The van der Waals surface area contributed by atoms with Crippen molar-refractivity contribution in [3.8, 4) is 5.75 Å². The first-order chi connectivity index (χ1) is 27.3. The van der Waals surface area contributed by atoms with Crippen LogP contribution in [0.25, 0.3) is 10.9 Å². The van der Waals surface area contributed by atoms with Crippen molar-refractivity contribution >= 4 is 38.6 Å². The second kappa shape index (κ2) is 11.7. The molecule has 41 heavy (non-hydrogen) atoms. The third-order valence-corrected chi connectivity index (χ3v) is 7.08. The molecular formula is C31H33N3O6S. The lowest BCUT2D eigenvalue weighted by Gasteiger charge is -2.13. The van der Waals surface area contributed by atoms with E-state index in [9.17, 15) is 20.7 Å². The Kier molecular flexibility index (Phi) is 3.61. The molecule has 2 amide bonds. The predicted octanol–water partition coefficient (Wildman–Crippen LogP) is 5.70. The van der Waals surface area contributed by atoms with Crippen LogP contribution < -0.4 is 14.8 Å². The zero-order valence-electron chi connectivity index (χ0n) is 40.7. The predicted molar refractivity (Wildman–Crippen MR) is 157 cm³/mol. The van der Waals surface area contributed by atoms with Crippen LogP contribution in [0.1, 0.15) is 80.0 Å². The average molecular weight is 596 g/mol. The third kappa shape index (κ3) is 6.22. The van der Waals surface area contributed by atoms with Crippen molar-refractivity contribution in [3.05, 3.63) is 89.1 Å². The lowest BCUT2D eigenvalue weighted by Crippen LogP contribution is -2.31. The summed E-state index contributed by atoms with van der Waals surface area (Å²) in [6.07, 6.45) is -22.8. The van der Waals surface area contributed by atoms with Crippen molar-refractivity contribution in [1.29, 1.82) is 0 Å². The van der Waals surface area contributed by atoms with Gasteiger partial charge in [-0.1, -0.05) is 24.3 Å². The molecule has 1 aromatic heterocycles. The number of rotatable bonds is 8. The van der Waals surface area contributed by atoms with Gasteiger partial charge in [0.25, 0.3) is 15.9 Å². The Morgan fingerprint density at radius 2 is 1.95 bits per heavy atom. The van der Waals surface area contributed by atoms with Crippen molar-refractivity contribution in [2.24, 2.45) is 6.98 Å². The summed E-state index contributed by atoms with van der Waals surface area (Å²) in [5, 5.41) is 1.73. The molecule has 1 heterocycles. The van der Waals surface area contributed by atoms with Gasteiger partial charge in [0.1, 0.15) is 11.8 Å². The fourth-order valence-corrected chi connectivity index (χ4v) is 4.92. The first-order valence-electron chi connectivity index (χ1n) is 21.5. The summed E-state index contributed by atoms with van der Waals surface area (Å²) >= 11 is 0. The fourth-order valence-electron chi connectivity index (χ4n) is 3.84. The molecular weight excluding hydrogens is 542 g/mol. The zero-order chi connectivity index (χ0) is 46.5. The van der Waals surface area contributed by atoms with Crippen molar-refractivity contribution < 1.29 is 54.9 Å². The Hall–Kier alpha value is -4.31. The van der Waals surface area contributed by atoms with E-state index >= 15 is 0 Å². The highest BCUT2D eigenvalue weighted by atomic mass is 32.2. The Balaban J connectivity index is 1.57. The number of nitrogens with zero attached hydrogens (tertiary/aromatic N) is 1. The molecule has 1 aliphatic rings. The molecule has 9 nitrogen and oxygen atoms in total. The third-order valence-electron chi connectivity index (χ3n) is 5.69. The zero-order valence-corrected chi connectivity index (χ0v) is 21.5. The van der Waals surface area contributed by atoms with E-state index in [1.165, 1.54) is 12.1 Å². The molecule has 1 fully saturated rings. The van der Waals surface area contributed by atoms with E-state index < -0.39 is 114 Å². The van der Waals surface area contributed by atoms with Crippen LogP contribution in [0.15, 0.2) is 71.8 Å². The number of methoxy groups -OCH3 is 1. The second-order valence-electron chi connectivity index (χ2n) is 8.36. The minimum Gasteiger partial charge on any atom is -0.496 e. The number of fused-ring (bicyclic) bond motifs is 1. The SMILES string of the molecule is [2H]C([2H])([2H])Oc1cc(C(=O)NS(=O)(=O)c2ccccc2C([2H])([2H])[2H])ccc1C([2H])([2H])c1cn(C([2H])([2H])[2H])c2ccc(NC(=O)OC3([2H])C([2H])([2H])C([2H])([2H])C([2H])([2H])C3([2H])[2H])cc12. The summed E-state index contributed by atoms with van der Waals surface area (Å²) in [4.78, 5) is 25.6. The van der Waals surface area contributed by atoms with Crippen molar-refractivity contribution in [3.63, 3.8) is 0 Å². The number of benzene rings is 3. The number of amides is 2. The van der Waals surface area contributed by atoms with Gasteiger partial charge < -0.3 is 14.0 Å². The normalized spacial score (nSPS) is 27.9. The highest BCUT2D eigenvalue weighted by molar-refractivity contribution is 7.90. The molecule has 0 bridgehead atoms. The molecule has 0 radical (unpaired) electrons. The first kappa shape index (κ1) is 12.7. The second-order valence-corrected chi connectivity index (χ2v) is 10.0. The van der Waals surface area contributed by atoms with Crippen LogP contribution >= 0.6 is 0 Å². The van der Waals surface area contributed by atoms with E-state index in [-0.39, 0.29) is 16.6 Å². The van der Waals surface area contributed by atoms with Gasteiger partial charge >= 0.3 is 6.09 Å². The lowest BCUT2D eigenvalue weighted by atomic mass is 10.0. The number of aromatic nitrogens is 1. The summed E-state index contributed by atoms with van der Waals surface area (Å²) in [5.74, 6) is -2.30. The summed E-state index contributed by atoms with van der Waals surface area (Å²) in [6.45, 7) is -5.93. The number of sulfonamides is 1. The molecule has 10 heteroatoms. The fraction of sp³-hybridized carbons (Fsp3) is 0.290. The smallest absolute Gasteiger partial charge is 0.411 e. The molecule has 4 aromatic rings. The highest BCUT2D eigenvalue weighted by Crippen LogP contribution is 2.30. The Morgan fingerprint density at radius 1 is 1.12 bits per heavy atom. The molecule has 0 atom stereocenters. The molecule has 0 spiro atoms. The van der Waals surface area contributed by atoms with E-state index in [1.54, 1.807) is 4.72 Å². The minimum atomic E-state index is -4.89. The molecule has 214 valence electrons. The van der Waals surface area contributed by atoms with Gasteiger partial charge in [0, 0.05) is 63.6 Å². The van der Waals surface area contributed by atoms with Crippen molar-refractivity contribution in [2.45, 2.75) is 49.7 Å². The van der Waals surface area contributed by atoms with Gasteiger partial charge in [-0.05, 0) is 85.4 Å². The summed E-state index contributed by atoms with van der Waals surface area (Å²) in [5.41, 5.74) is -3.06. The standard InChI is InChI=1S/C31H33N3O6S/c1-20-8-4-7-11-29(20)41(37,38)33-30(35)22-13-12-21(28(17-22)39-3)16-23-19-34(2)27-15-14-24(18-26(23)27)32-31(36)40-25-9-5-6-10-25/h4,7-8,11-15,17-19,25H,5-6,9-10,16H2,1-3H3,(H,32,36)(H,33,35)/i1D3,2D3,3D3,5D2,6D2,9D2,10D2,16D2,25D. The van der Waals surface area contributed by atoms with E-state index in [4.69, 9.17) is 34.1 Å². The van der Waals surface area contributed by atoms with Crippen molar-refractivity contribution in [1.82, 2.24) is 9.29 Å². The van der Waals surface area contributed by atoms with Gasteiger partial charge in [0.05, 0.1) is 17.4 Å². The maximum absolute atomic E-state index is 13.3. The van der Waals surface area contributed by atoms with Crippen LogP contribution in [-0.2, 0) is 28.1 Å². The topological polar surface area (TPSA) is 116 Å². The quantitative estimate of drug-likeness (QED) is 0.270. The number of hydrogen-bond donors (Lipinski definition) is 2. The molecule has 1 aliphatic carbocycles. The number of hydrogen-bond acceptors (Lipinski definition) is 6. The van der Waals surface area contributed by atoms with Gasteiger partial charge in [-0.15, -0.1) is 0 Å². The number of carbonyl (C=O) groups is 2. The minimum absolute atomic E-state index is 0.226. The van der Waals surface area contributed by atoms with Crippen LogP contribution in [0, 0.1) is 6.85 Å². The lowest BCUT2D eigenvalue weighted by molar-refractivity contribution is 0.0980. The Bertz CT molecular complexity index is 2500. The number of carbonyl (C=O) groups excluding carboxylic acids is 2. The van der Waals surface area contributed by atoms with Crippen LogP contribution in [0.3, 0.4) is 0 Å². The van der Waals surface area contributed by atoms with E-state index in [1.807, 2.05) is 5.32 Å². The maximum atomic E-state index is 13.3. The summed E-state index contributed by atoms with van der Waals surface area (Å²) < 4.78 is 200. The summed E-state index contributed by atoms with van der Waals surface area (Å²) in [6, 6.07) is 9.86. The van der Waals surface area contributed by atoms with E-state index in [0.717, 1.165) is 48.7 Å². The van der Waals surface area contributed by atoms with Crippen LogP contribution in [0.2, 0.25) is 0 Å². The molecule has 2 N–H and O–H groups in total. The number of nitrogens with one attached hydrogen (secondary N) is 2. The highest BCUT2D eigenvalue weighted by Gasteiger charge is 2.22. The largest absolute Gasteiger partial charge is 0.496 e. The number of ether oxygens (including phenoxy) is 2. The van der Waals surface area contributed by atoms with Gasteiger partial charge in [0.2, 0.25) is 0 Å². The van der Waals surface area contributed by atoms with E-state index in [2.05, 4.69) is 0 Å². The summed E-state index contributed by atoms with van der Waals surface area (Å²) in [7, 11) is -8.23. The van der Waals surface area contributed by atoms with Gasteiger partial charge in [0.15, 0.2) is 0 Å². The maximum Gasteiger partial charge on any atom is 0.411 e. The van der Waals surface area contributed by atoms with Crippen molar-refractivity contribution in [2.75, 3.05) is 12.4 Å². The van der Waals surface area contributed by atoms with Crippen LogP contribution in [0.4, 0.5) is 10.5 Å². The molecule has 1 saturated carbocycles.